The predicted octanol–water partition coefficient (Wildman–Crippen LogP) is 1.90. The Bertz CT molecular complexity index is 749. The highest BCUT2D eigenvalue weighted by Crippen LogP contribution is 2.27. The first-order valence-corrected chi connectivity index (χ1v) is 6.39. The molecule has 0 aliphatic rings. The van der Waals surface area contributed by atoms with Gasteiger partial charge in [0, 0.05) is 11.4 Å². The van der Waals surface area contributed by atoms with Crippen LogP contribution >= 0.6 is 0 Å². The summed E-state index contributed by atoms with van der Waals surface area (Å²) < 4.78 is 1.43. The third-order valence-corrected chi connectivity index (χ3v) is 3.14. The van der Waals surface area contributed by atoms with Crippen LogP contribution in [0, 0.1) is 6.92 Å². The van der Waals surface area contributed by atoms with Crippen molar-refractivity contribution in [2.75, 3.05) is 0 Å². The number of nitrogens with zero attached hydrogens (tertiary/aromatic N) is 2. The highest BCUT2D eigenvalue weighted by atomic mass is 16.3. The van der Waals surface area contributed by atoms with Gasteiger partial charge in [-0.15, -0.1) is 0 Å². The normalized spacial score (nSPS) is 11.1. The van der Waals surface area contributed by atoms with Crippen molar-refractivity contribution in [2.45, 2.75) is 20.4 Å². The third kappa shape index (κ3) is 3.05. The number of aromatic amines is 1. The molecule has 21 heavy (non-hydrogen) atoms. The van der Waals surface area contributed by atoms with Crippen molar-refractivity contribution >= 4 is 6.21 Å². The Kier molecular flexibility index (Phi) is 3.98. The molecule has 0 spiro atoms. The number of phenolic OH excluding ortho intramolecular Hbond substituents is 2. The zero-order chi connectivity index (χ0) is 15.6. The molecule has 110 valence electrons. The van der Waals surface area contributed by atoms with E-state index in [1.165, 1.54) is 29.0 Å². The number of imidazole rings is 1. The fourth-order valence-corrected chi connectivity index (χ4v) is 1.94. The first kappa shape index (κ1) is 14.6. The van der Waals surface area contributed by atoms with Gasteiger partial charge in [0.25, 0.3) is 0 Å². The molecule has 0 atom stereocenters. The number of rotatable bonds is 4. The molecule has 0 radical (unpaired) electrons. The van der Waals surface area contributed by atoms with Gasteiger partial charge in [-0.05, 0) is 26.0 Å². The molecule has 2 aromatic rings. The quantitative estimate of drug-likeness (QED) is 0.750. The Morgan fingerprint density at radius 1 is 1.43 bits per heavy atom. The summed E-state index contributed by atoms with van der Waals surface area (Å²) in [6, 6.07) is 4.46. The number of aromatic hydroxyl groups is 2. The molecule has 0 aliphatic carbocycles. The van der Waals surface area contributed by atoms with E-state index >= 15 is 0 Å². The van der Waals surface area contributed by atoms with Crippen molar-refractivity contribution in [3.63, 3.8) is 0 Å². The second kappa shape index (κ2) is 5.70. The van der Waals surface area contributed by atoms with E-state index in [4.69, 9.17) is 0 Å². The number of aliphatic imine (C=N–C) groups is 1. The second-order valence-corrected chi connectivity index (χ2v) is 4.78. The molecule has 0 saturated carbocycles. The van der Waals surface area contributed by atoms with Gasteiger partial charge in [0.1, 0.15) is 11.5 Å². The zero-order valence-corrected chi connectivity index (χ0v) is 11.9. The van der Waals surface area contributed by atoms with E-state index in [0.717, 1.165) is 0 Å². The molecular formula is C15H17N3O3. The van der Waals surface area contributed by atoms with Crippen molar-refractivity contribution in [3.05, 3.63) is 57.9 Å². The summed E-state index contributed by atoms with van der Waals surface area (Å²) in [6.07, 6.45) is 1.53. The number of aromatic nitrogens is 2. The second-order valence-electron chi connectivity index (χ2n) is 4.78. The molecule has 0 saturated heterocycles. The van der Waals surface area contributed by atoms with Gasteiger partial charge in [-0.25, -0.2) is 4.79 Å². The lowest BCUT2D eigenvalue weighted by atomic mass is 10.1. The third-order valence-electron chi connectivity index (χ3n) is 3.14. The fraction of sp³-hybridized carbons (Fsp3) is 0.200. The van der Waals surface area contributed by atoms with Crippen LogP contribution in [-0.2, 0) is 6.54 Å². The molecule has 0 amide bonds. The van der Waals surface area contributed by atoms with E-state index in [1.807, 2.05) is 0 Å². The van der Waals surface area contributed by atoms with Crippen LogP contribution in [0.5, 0.6) is 11.5 Å². The van der Waals surface area contributed by atoms with Crippen LogP contribution in [-0.4, -0.2) is 26.0 Å². The highest BCUT2D eigenvalue weighted by Gasteiger charge is 2.13. The molecule has 2 rings (SSSR count). The summed E-state index contributed by atoms with van der Waals surface area (Å²) in [4.78, 5) is 18.7. The SMILES string of the molecule is C=C(C)N=Cc1[nH]c(=O)n(Cc2c(O)cccc2O)c1C. The number of H-pyrrole nitrogens is 1. The Morgan fingerprint density at radius 3 is 2.62 bits per heavy atom. The molecule has 0 fully saturated rings. The lowest BCUT2D eigenvalue weighted by Gasteiger charge is -2.08. The minimum atomic E-state index is -0.335. The summed E-state index contributed by atoms with van der Waals surface area (Å²) in [7, 11) is 0. The summed E-state index contributed by atoms with van der Waals surface area (Å²) in [5, 5.41) is 19.6. The maximum atomic E-state index is 12.0. The smallest absolute Gasteiger partial charge is 0.326 e. The topological polar surface area (TPSA) is 90.6 Å². The molecule has 1 heterocycles. The zero-order valence-electron chi connectivity index (χ0n) is 11.9. The first-order chi connectivity index (χ1) is 9.90. The standard InChI is InChI=1S/C15H17N3O3/c1-9(2)16-7-12-10(3)18(15(21)17-12)8-11-13(19)5-4-6-14(11)20/h4-7,19-20H,1,8H2,2-3H3,(H,17,21). The van der Waals surface area contributed by atoms with Crippen LogP contribution < -0.4 is 5.69 Å². The van der Waals surface area contributed by atoms with Crippen molar-refractivity contribution < 1.29 is 10.2 Å². The number of phenols is 2. The van der Waals surface area contributed by atoms with Gasteiger partial charge in [-0.1, -0.05) is 12.6 Å². The van der Waals surface area contributed by atoms with E-state index in [0.29, 0.717) is 22.6 Å². The Hall–Kier alpha value is -2.76. The minimum absolute atomic E-state index is 0.0559. The van der Waals surface area contributed by atoms with E-state index < -0.39 is 0 Å². The van der Waals surface area contributed by atoms with Gasteiger partial charge in [0.05, 0.1) is 24.0 Å². The van der Waals surface area contributed by atoms with Crippen molar-refractivity contribution in [2.24, 2.45) is 4.99 Å². The molecule has 0 aliphatic heterocycles. The molecule has 1 aromatic carbocycles. The van der Waals surface area contributed by atoms with Crippen LogP contribution in [0.3, 0.4) is 0 Å². The van der Waals surface area contributed by atoms with Gasteiger partial charge < -0.3 is 15.2 Å². The molecular weight excluding hydrogens is 270 g/mol. The Labute approximate surface area is 121 Å². The maximum Gasteiger partial charge on any atom is 0.326 e. The summed E-state index contributed by atoms with van der Waals surface area (Å²) in [6.45, 7) is 7.24. The van der Waals surface area contributed by atoms with Crippen LogP contribution in [0.25, 0.3) is 0 Å². The summed E-state index contributed by atoms with van der Waals surface area (Å²) >= 11 is 0. The number of hydrogen-bond acceptors (Lipinski definition) is 4. The predicted molar refractivity (Wildman–Crippen MR) is 81.1 cm³/mol. The van der Waals surface area contributed by atoms with Crippen LogP contribution in [0.4, 0.5) is 0 Å². The van der Waals surface area contributed by atoms with Crippen LogP contribution in [0.2, 0.25) is 0 Å². The van der Waals surface area contributed by atoms with E-state index in [1.54, 1.807) is 13.8 Å². The van der Waals surface area contributed by atoms with Crippen molar-refractivity contribution in [3.8, 4) is 11.5 Å². The summed E-state index contributed by atoms with van der Waals surface area (Å²) in [5.41, 5.74) is 1.82. The van der Waals surface area contributed by atoms with Crippen LogP contribution in [0.15, 0.2) is 40.3 Å². The molecule has 1 aromatic heterocycles. The number of nitrogens with one attached hydrogen (secondary N) is 1. The Morgan fingerprint density at radius 2 is 2.05 bits per heavy atom. The molecule has 0 bridgehead atoms. The monoisotopic (exact) mass is 287 g/mol. The van der Waals surface area contributed by atoms with E-state index in [9.17, 15) is 15.0 Å². The minimum Gasteiger partial charge on any atom is -0.507 e. The maximum absolute atomic E-state index is 12.0. The van der Waals surface area contributed by atoms with Gasteiger partial charge in [0.2, 0.25) is 0 Å². The average molecular weight is 287 g/mol. The lowest BCUT2D eigenvalue weighted by Crippen LogP contribution is -2.18. The lowest BCUT2D eigenvalue weighted by molar-refractivity contribution is 0.434. The van der Waals surface area contributed by atoms with Gasteiger partial charge >= 0.3 is 5.69 Å². The first-order valence-electron chi connectivity index (χ1n) is 6.39. The van der Waals surface area contributed by atoms with Gasteiger partial charge in [-0.2, -0.15) is 0 Å². The number of hydrogen-bond donors (Lipinski definition) is 3. The molecule has 6 nitrogen and oxygen atoms in total. The number of allylic oxidation sites excluding steroid dienone is 1. The molecule has 0 unspecified atom stereocenters. The van der Waals surface area contributed by atoms with E-state index in [2.05, 4.69) is 16.6 Å². The van der Waals surface area contributed by atoms with Gasteiger partial charge in [0.15, 0.2) is 0 Å². The van der Waals surface area contributed by atoms with Crippen LogP contribution in [0.1, 0.15) is 23.9 Å². The molecule has 3 N–H and O–H groups in total. The largest absolute Gasteiger partial charge is 0.507 e. The molecule has 6 heteroatoms. The summed E-state index contributed by atoms with van der Waals surface area (Å²) in [5.74, 6) is -0.112. The van der Waals surface area contributed by atoms with Gasteiger partial charge in [-0.3, -0.25) is 9.56 Å². The van der Waals surface area contributed by atoms with Crippen molar-refractivity contribution in [1.29, 1.82) is 0 Å². The van der Waals surface area contributed by atoms with Crippen molar-refractivity contribution in [1.82, 2.24) is 9.55 Å². The van der Waals surface area contributed by atoms with E-state index in [-0.39, 0.29) is 23.7 Å². The average Bonchev–Trinajstić information content (AvgIpc) is 2.67. The fourth-order valence-electron chi connectivity index (χ4n) is 1.94. The Balaban J connectivity index is 2.42. The number of benzene rings is 1. The highest BCUT2D eigenvalue weighted by molar-refractivity contribution is 5.79.